The maximum atomic E-state index is 6.21. The second-order valence-corrected chi connectivity index (χ2v) is 5.43. The number of ether oxygens (including phenoxy) is 1. The molecule has 2 heterocycles. The van der Waals surface area contributed by atoms with Crippen molar-refractivity contribution in [3.63, 3.8) is 0 Å². The van der Waals surface area contributed by atoms with E-state index in [0.717, 1.165) is 21.4 Å². The molecule has 1 aromatic carbocycles. The highest BCUT2D eigenvalue weighted by Gasteiger charge is 2.14. The van der Waals surface area contributed by atoms with Gasteiger partial charge in [0.15, 0.2) is 11.4 Å². The number of nitrogens with two attached hydrogens (primary N) is 1. The molecule has 0 aliphatic rings. The lowest BCUT2D eigenvalue weighted by molar-refractivity contribution is 0.417. The first-order chi connectivity index (χ1) is 9.61. The third-order valence-electron chi connectivity index (χ3n) is 3.32. The van der Waals surface area contributed by atoms with Gasteiger partial charge in [-0.1, -0.05) is 28.1 Å². The van der Waals surface area contributed by atoms with Gasteiger partial charge < -0.3 is 10.5 Å². The third kappa shape index (κ3) is 1.94. The highest BCUT2D eigenvalue weighted by atomic mass is 79.9. The average Bonchev–Trinajstić information content (AvgIpc) is 2.79. The van der Waals surface area contributed by atoms with E-state index in [4.69, 9.17) is 10.5 Å². The Morgan fingerprint density at radius 2 is 2.10 bits per heavy atom. The van der Waals surface area contributed by atoms with E-state index in [1.54, 1.807) is 7.11 Å². The van der Waals surface area contributed by atoms with Crippen molar-refractivity contribution >= 4 is 27.4 Å². The van der Waals surface area contributed by atoms with Gasteiger partial charge in [-0.25, -0.2) is 4.98 Å². The first kappa shape index (κ1) is 13.0. The highest BCUT2D eigenvalue weighted by Crippen LogP contribution is 2.32. The molecule has 0 fully saturated rings. The zero-order valence-corrected chi connectivity index (χ0v) is 12.8. The summed E-state index contributed by atoms with van der Waals surface area (Å²) < 4.78 is 8.20. The Labute approximate surface area is 125 Å². The first-order valence-corrected chi connectivity index (χ1v) is 6.98. The minimum atomic E-state index is 0.606. The van der Waals surface area contributed by atoms with Gasteiger partial charge in [-0.05, 0) is 30.7 Å². The van der Waals surface area contributed by atoms with Crippen LogP contribution in [0.25, 0.3) is 16.9 Å². The van der Waals surface area contributed by atoms with Gasteiger partial charge in [0.05, 0.1) is 7.11 Å². The summed E-state index contributed by atoms with van der Waals surface area (Å²) >= 11 is 3.54. The molecule has 0 bridgehead atoms. The largest absolute Gasteiger partial charge is 0.493 e. The number of nitrogen functional groups attached to an aromatic ring is 1. The molecular formula is C15H14BrN3O. The van der Waals surface area contributed by atoms with Crippen molar-refractivity contribution in [3.05, 3.63) is 46.6 Å². The molecule has 0 aliphatic carbocycles. The van der Waals surface area contributed by atoms with Crippen LogP contribution in [0.2, 0.25) is 0 Å². The molecule has 3 aromatic rings. The molecule has 4 nitrogen and oxygen atoms in total. The topological polar surface area (TPSA) is 52.5 Å². The van der Waals surface area contributed by atoms with Gasteiger partial charge in [-0.3, -0.25) is 4.40 Å². The Balaban J connectivity index is 2.26. The molecule has 0 atom stereocenters. The van der Waals surface area contributed by atoms with Gasteiger partial charge in [-0.15, -0.1) is 0 Å². The average molecular weight is 332 g/mol. The number of nitrogens with zero attached hydrogens (tertiary/aromatic N) is 2. The molecule has 0 saturated heterocycles. The van der Waals surface area contributed by atoms with Crippen molar-refractivity contribution in [1.29, 1.82) is 0 Å². The van der Waals surface area contributed by atoms with Crippen LogP contribution in [0, 0.1) is 6.92 Å². The summed E-state index contributed by atoms with van der Waals surface area (Å²) in [4.78, 5) is 4.62. The highest BCUT2D eigenvalue weighted by molar-refractivity contribution is 9.10. The minimum absolute atomic E-state index is 0.606. The number of aromatic nitrogens is 2. The van der Waals surface area contributed by atoms with Gasteiger partial charge in [0, 0.05) is 16.2 Å². The molecule has 2 aromatic heterocycles. The fourth-order valence-electron chi connectivity index (χ4n) is 2.17. The van der Waals surface area contributed by atoms with Crippen LogP contribution >= 0.6 is 15.9 Å². The molecule has 0 aliphatic heterocycles. The number of anilines is 1. The predicted molar refractivity (Wildman–Crippen MR) is 84.0 cm³/mol. The van der Waals surface area contributed by atoms with Crippen molar-refractivity contribution in [2.75, 3.05) is 12.8 Å². The Morgan fingerprint density at radius 3 is 2.80 bits per heavy atom. The van der Waals surface area contributed by atoms with Gasteiger partial charge in [0.1, 0.15) is 11.5 Å². The second kappa shape index (κ2) is 4.83. The fourth-order valence-corrected chi connectivity index (χ4v) is 2.55. The number of benzene rings is 1. The number of fused-ring (bicyclic) bond motifs is 1. The lowest BCUT2D eigenvalue weighted by Gasteiger charge is -2.03. The number of rotatable bonds is 2. The van der Waals surface area contributed by atoms with Crippen molar-refractivity contribution in [1.82, 2.24) is 9.38 Å². The van der Waals surface area contributed by atoms with E-state index in [1.165, 1.54) is 5.56 Å². The Kier molecular flexibility index (Phi) is 3.14. The molecular weight excluding hydrogens is 318 g/mol. The number of halogens is 1. The maximum Gasteiger partial charge on any atom is 0.181 e. The van der Waals surface area contributed by atoms with E-state index in [9.17, 15) is 0 Å². The van der Waals surface area contributed by atoms with E-state index in [1.807, 2.05) is 47.9 Å². The van der Waals surface area contributed by atoms with Gasteiger partial charge in [0.25, 0.3) is 0 Å². The summed E-state index contributed by atoms with van der Waals surface area (Å²) in [6.45, 7) is 2.05. The number of methoxy groups -OCH3 is 1. The lowest BCUT2D eigenvalue weighted by Crippen LogP contribution is -1.95. The maximum absolute atomic E-state index is 6.21. The number of pyridine rings is 1. The zero-order chi connectivity index (χ0) is 14.3. The molecule has 0 radical (unpaired) electrons. The van der Waals surface area contributed by atoms with Crippen LogP contribution < -0.4 is 10.5 Å². The van der Waals surface area contributed by atoms with E-state index < -0.39 is 0 Å². The van der Waals surface area contributed by atoms with Crippen LogP contribution in [0.5, 0.6) is 5.75 Å². The van der Waals surface area contributed by atoms with Crippen LogP contribution in [-0.2, 0) is 0 Å². The normalized spacial score (nSPS) is 10.9. The SMILES string of the molecule is COc1cccn2c(N)c(-c3ccc(C)c(Br)c3)nc12. The van der Waals surface area contributed by atoms with Crippen molar-refractivity contribution in [3.8, 4) is 17.0 Å². The van der Waals surface area contributed by atoms with Gasteiger partial charge >= 0.3 is 0 Å². The smallest absolute Gasteiger partial charge is 0.181 e. The Bertz CT molecular complexity index is 795. The number of aryl methyl sites for hydroxylation is 1. The molecule has 3 rings (SSSR count). The van der Waals surface area contributed by atoms with Gasteiger partial charge in [0.2, 0.25) is 0 Å². The third-order valence-corrected chi connectivity index (χ3v) is 4.17. The fraction of sp³-hybridized carbons (Fsp3) is 0.133. The van der Waals surface area contributed by atoms with Crippen LogP contribution in [0.4, 0.5) is 5.82 Å². The van der Waals surface area contributed by atoms with E-state index >= 15 is 0 Å². The van der Waals surface area contributed by atoms with E-state index in [0.29, 0.717) is 11.6 Å². The molecule has 0 spiro atoms. The van der Waals surface area contributed by atoms with Crippen molar-refractivity contribution in [2.45, 2.75) is 6.92 Å². The second-order valence-electron chi connectivity index (χ2n) is 4.58. The van der Waals surface area contributed by atoms with E-state index in [2.05, 4.69) is 20.9 Å². The summed E-state index contributed by atoms with van der Waals surface area (Å²) in [6, 6.07) is 9.85. The first-order valence-electron chi connectivity index (χ1n) is 6.19. The number of hydrogen-bond donors (Lipinski definition) is 1. The Morgan fingerprint density at radius 1 is 1.30 bits per heavy atom. The van der Waals surface area contributed by atoms with Crippen LogP contribution in [0.3, 0.4) is 0 Å². The molecule has 0 unspecified atom stereocenters. The molecule has 102 valence electrons. The molecule has 0 saturated carbocycles. The van der Waals surface area contributed by atoms with E-state index in [-0.39, 0.29) is 0 Å². The van der Waals surface area contributed by atoms with Crippen LogP contribution in [0.15, 0.2) is 41.0 Å². The number of hydrogen-bond acceptors (Lipinski definition) is 3. The number of imidazole rings is 1. The summed E-state index contributed by atoms with van der Waals surface area (Å²) in [7, 11) is 1.63. The van der Waals surface area contributed by atoms with Crippen molar-refractivity contribution < 1.29 is 4.74 Å². The molecule has 20 heavy (non-hydrogen) atoms. The standard InChI is InChI=1S/C15H14BrN3O/c1-9-5-6-10(8-11(9)16)13-14(17)19-7-3-4-12(20-2)15(19)18-13/h3-8H,17H2,1-2H3. The molecule has 5 heteroatoms. The minimum Gasteiger partial charge on any atom is -0.493 e. The van der Waals surface area contributed by atoms with Crippen molar-refractivity contribution in [2.24, 2.45) is 0 Å². The summed E-state index contributed by atoms with van der Waals surface area (Å²) in [5.74, 6) is 1.31. The lowest BCUT2D eigenvalue weighted by atomic mass is 10.1. The quantitative estimate of drug-likeness (QED) is 0.779. The summed E-state index contributed by atoms with van der Waals surface area (Å²) in [5, 5.41) is 0. The van der Waals surface area contributed by atoms with Crippen LogP contribution in [0.1, 0.15) is 5.56 Å². The Hall–Kier alpha value is -2.01. The zero-order valence-electron chi connectivity index (χ0n) is 11.2. The predicted octanol–water partition coefficient (Wildman–Crippen LogP) is 3.66. The monoisotopic (exact) mass is 331 g/mol. The summed E-state index contributed by atoms with van der Waals surface area (Å²) in [6.07, 6.45) is 1.88. The molecule has 2 N–H and O–H groups in total. The summed E-state index contributed by atoms with van der Waals surface area (Å²) in [5.41, 5.74) is 9.85. The van der Waals surface area contributed by atoms with Gasteiger partial charge in [-0.2, -0.15) is 0 Å². The van der Waals surface area contributed by atoms with Crippen LogP contribution in [-0.4, -0.2) is 16.5 Å². The molecule has 0 amide bonds.